The van der Waals surface area contributed by atoms with E-state index in [1.807, 2.05) is 30.3 Å². The van der Waals surface area contributed by atoms with Gasteiger partial charge in [0.25, 0.3) is 0 Å². The van der Waals surface area contributed by atoms with Gasteiger partial charge in [0, 0.05) is 12.6 Å². The molecule has 1 saturated heterocycles. The van der Waals surface area contributed by atoms with Crippen LogP contribution in [0.1, 0.15) is 17.6 Å². The highest BCUT2D eigenvalue weighted by Crippen LogP contribution is 2.32. The molecule has 31 heavy (non-hydrogen) atoms. The molecule has 156 valence electrons. The van der Waals surface area contributed by atoms with Crippen molar-refractivity contribution < 1.29 is 19.4 Å². The molecule has 4 heterocycles. The minimum atomic E-state index is -1.16. The summed E-state index contributed by atoms with van der Waals surface area (Å²) in [6, 6.07) is 13.0. The standard InChI is InChI=1S/C22H19N5O4/c1-23-20-17-21(26-19(25-20)15-8-5-11-30-15)27(22-18(29)14(28)12-31-22)16(24-17)10-9-13-6-3-2-4-7-13/h2-8,11,14,18,22,28-29H,12H2,1H3,(H,23,25,26)/t14-,18-,22-/m1/s1. The Morgan fingerprint density at radius 1 is 1.06 bits per heavy atom. The lowest BCUT2D eigenvalue weighted by Crippen LogP contribution is -2.29. The van der Waals surface area contributed by atoms with E-state index in [9.17, 15) is 10.2 Å². The lowest BCUT2D eigenvalue weighted by Gasteiger charge is -2.18. The molecule has 1 aliphatic rings. The van der Waals surface area contributed by atoms with Gasteiger partial charge in [-0.3, -0.25) is 4.57 Å². The van der Waals surface area contributed by atoms with Crippen LogP contribution in [0, 0.1) is 11.8 Å². The number of aliphatic hydroxyl groups is 2. The van der Waals surface area contributed by atoms with Gasteiger partial charge in [-0.25, -0.2) is 15.0 Å². The quantitative estimate of drug-likeness (QED) is 0.432. The zero-order valence-corrected chi connectivity index (χ0v) is 16.6. The van der Waals surface area contributed by atoms with E-state index >= 15 is 0 Å². The van der Waals surface area contributed by atoms with Gasteiger partial charge in [0.1, 0.15) is 12.2 Å². The number of ether oxygens (including phenoxy) is 1. The van der Waals surface area contributed by atoms with Crippen LogP contribution in [0.3, 0.4) is 0 Å². The second-order valence-corrected chi connectivity index (χ2v) is 7.00. The zero-order chi connectivity index (χ0) is 21.4. The highest BCUT2D eigenvalue weighted by molar-refractivity contribution is 5.86. The topological polar surface area (TPSA) is 118 Å². The van der Waals surface area contributed by atoms with Crippen LogP contribution >= 0.6 is 0 Å². The minimum Gasteiger partial charge on any atom is -0.461 e. The molecule has 0 unspecified atom stereocenters. The molecule has 3 aromatic heterocycles. The van der Waals surface area contributed by atoms with Gasteiger partial charge in [0.05, 0.1) is 12.9 Å². The molecule has 9 nitrogen and oxygen atoms in total. The molecule has 3 atom stereocenters. The summed E-state index contributed by atoms with van der Waals surface area (Å²) in [6.45, 7) is -0.00787. The number of rotatable bonds is 3. The van der Waals surface area contributed by atoms with Crippen LogP contribution in [-0.4, -0.2) is 55.6 Å². The summed E-state index contributed by atoms with van der Waals surface area (Å²) >= 11 is 0. The number of nitrogens with zero attached hydrogens (tertiary/aromatic N) is 4. The number of hydrogen-bond acceptors (Lipinski definition) is 8. The van der Waals surface area contributed by atoms with Crippen molar-refractivity contribution in [3.8, 4) is 23.4 Å². The Bertz CT molecular complexity index is 1270. The summed E-state index contributed by atoms with van der Waals surface area (Å²) in [4.78, 5) is 13.7. The van der Waals surface area contributed by atoms with E-state index < -0.39 is 18.4 Å². The summed E-state index contributed by atoms with van der Waals surface area (Å²) in [5, 5.41) is 23.6. The highest BCUT2D eigenvalue weighted by atomic mass is 16.5. The Balaban J connectivity index is 1.74. The second kappa shape index (κ2) is 7.85. The molecule has 0 spiro atoms. The lowest BCUT2D eigenvalue weighted by molar-refractivity contribution is -0.0167. The average Bonchev–Trinajstić information content (AvgIpc) is 3.52. The summed E-state index contributed by atoms with van der Waals surface area (Å²) in [5.41, 5.74) is 1.68. The number of nitrogens with one attached hydrogen (secondary N) is 1. The first-order chi connectivity index (χ1) is 15.2. The SMILES string of the molecule is CNc1nc(-c2ccco2)nc2c1nc(C#Cc1ccccc1)n2[C@@H]1OC[C@@H](O)[C@H]1O. The molecule has 0 radical (unpaired) electrons. The molecule has 9 heteroatoms. The molecule has 0 saturated carbocycles. The van der Waals surface area contributed by atoms with Gasteiger partial charge < -0.3 is 24.7 Å². The van der Waals surface area contributed by atoms with Crippen molar-refractivity contribution in [1.29, 1.82) is 0 Å². The smallest absolute Gasteiger partial charge is 0.199 e. The average molecular weight is 417 g/mol. The molecule has 0 aliphatic carbocycles. The fraction of sp³-hybridized carbons (Fsp3) is 0.227. The normalized spacial score (nSPS) is 20.5. The maximum atomic E-state index is 10.5. The summed E-state index contributed by atoms with van der Waals surface area (Å²) < 4.78 is 12.7. The highest BCUT2D eigenvalue weighted by Gasteiger charge is 2.38. The molecule has 1 aromatic carbocycles. The fourth-order valence-corrected chi connectivity index (χ4v) is 3.45. The van der Waals surface area contributed by atoms with E-state index in [1.165, 1.54) is 6.26 Å². The van der Waals surface area contributed by atoms with Gasteiger partial charge >= 0.3 is 0 Å². The Morgan fingerprint density at radius 3 is 2.58 bits per heavy atom. The van der Waals surface area contributed by atoms with E-state index in [1.54, 1.807) is 23.7 Å². The van der Waals surface area contributed by atoms with Crippen molar-refractivity contribution >= 4 is 17.0 Å². The van der Waals surface area contributed by atoms with E-state index in [-0.39, 0.29) is 6.61 Å². The third kappa shape index (κ3) is 3.43. The number of furan rings is 1. The van der Waals surface area contributed by atoms with Gasteiger partial charge in [-0.15, -0.1) is 0 Å². The second-order valence-electron chi connectivity index (χ2n) is 7.00. The molecule has 1 fully saturated rings. The number of imidazole rings is 1. The van der Waals surface area contributed by atoms with E-state index in [0.717, 1.165) is 5.56 Å². The van der Waals surface area contributed by atoms with Crippen molar-refractivity contribution in [3.05, 3.63) is 60.1 Å². The third-order valence-electron chi connectivity index (χ3n) is 4.99. The van der Waals surface area contributed by atoms with Crippen LogP contribution < -0.4 is 5.32 Å². The van der Waals surface area contributed by atoms with Crippen LogP contribution in [0.15, 0.2) is 53.1 Å². The van der Waals surface area contributed by atoms with Gasteiger partial charge in [0.2, 0.25) is 0 Å². The largest absolute Gasteiger partial charge is 0.461 e. The molecule has 0 bridgehead atoms. The molecule has 0 amide bonds. The first-order valence-corrected chi connectivity index (χ1v) is 9.72. The summed E-state index contributed by atoms with van der Waals surface area (Å²) in [6.07, 6.45) is -1.54. The van der Waals surface area contributed by atoms with Gasteiger partial charge in [-0.05, 0) is 30.2 Å². The summed E-state index contributed by atoms with van der Waals surface area (Å²) in [7, 11) is 1.73. The zero-order valence-electron chi connectivity index (χ0n) is 16.6. The van der Waals surface area contributed by atoms with Crippen molar-refractivity contribution in [2.45, 2.75) is 18.4 Å². The minimum absolute atomic E-state index is 0.00787. The van der Waals surface area contributed by atoms with E-state index in [0.29, 0.717) is 34.4 Å². The number of hydrogen-bond donors (Lipinski definition) is 3. The van der Waals surface area contributed by atoms with E-state index in [4.69, 9.17) is 9.15 Å². The molecular weight excluding hydrogens is 398 g/mol. The maximum absolute atomic E-state index is 10.5. The fourth-order valence-electron chi connectivity index (χ4n) is 3.45. The number of benzene rings is 1. The van der Waals surface area contributed by atoms with Crippen LogP contribution in [0.4, 0.5) is 5.82 Å². The lowest BCUT2D eigenvalue weighted by atomic mass is 10.2. The first kappa shape index (κ1) is 19.3. The first-order valence-electron chi connectivity index (χ1n) is 9.72. The maximum Gasteiger partial charge on any atom is 0.199 e. The van der Waals surface area contributed by atoms with Crippen LogP contribution in [0.25, 0.3) is 22.7 Å². The monoisotopic (exact) mass is 417 g/mol. The Labute approximate surface area is 177 Å². The number of aliphatic hydroxyl groups excluding tert-OH is 2. The Kier molecular flexibility index (Phi) is 4.88. The van der Waals surface area contributed by atoms with Crippen molar-refractivity contribution in [1.82, 2.24) is 19.5 Å². The molecule has 3 N–H and O–H groups in total. The van der Waals surface area contributed by atoms with Crippen LogP contribution in [0.5, 0.6) is 0 Å². The Hall–Kier alpha value is -3.71. The van der Waals surface area contributed by atoms with Crippen LogP contribution in [-0.2, 0) is 4.74 Å². The van der Waals surface area contributed by atoms with Gasteiger partial charge in [0.15, 0.2) is 40.6 Å². The van der Waals surface area contributed by atoms with Gasteiger partial charge in [-0.1, -0.05) is 24.1 Å². The van der Waals surface area contributed by atoms with E-state index in [2.05, 4.69) is 32.1 Å². The number of fused-ring (bicyclic) bond motifs is 1. The van der Waals surface area contributed by atoms with Gasteiger partial charge in [-0.2, -0.15) is 0 Å². The van der Waals surface area contributed by atoms with Crippen molar-refractivity contribution in [3.63, 3.8) is 0 Å². The third-order valence-corrected chi connectivity index (χ3v) is 4.99. The van der Waals surface area contributed by atoms with Crippen molar-refractivity contribution in [2.75, 3.05) is 19.0 Å². The van der Waals surface area contributed by atoms with Crippen LogP contribution in [0.2, 0.25) is 0 Å². The number of aromatic nitrogens is 4. The molecule has 5 rings (SSSR count). The predicted octanol–water partition coefficient (Wildman–Crippen LogP) is 1.78. The summed E-state index contributed by atoms with van der Waals surface area (Å²) in [5.74, 6) is 7.76. The molecular formula is C22H19N5O4. The Morgan fingerprint density at radius 2 is 1.90 bits per heavy atom. The van der Waals surface area contributed by atoms with Crippen molar-refractivity contribution in [2.24, 2.45) is 0 Å². The predicted molar refractivity (Wildman–Crippen MR) is 112 cm³/mol. The number of anilines is 1. The molecule has 1 aliphatic heterocycles. The molecule has 4 aromatic rings.